The average Bonchev–Trinajstić information content (AvgIpc) is 3.16. The number of benzene rings is 1. The number of aromatic nitrogens is 4. The van der Waals surface area contributed by atoms with Crippen LogP contribution in [0.2, 0.25) is 0 Å². The third kappa shape index (κ3) is 3.00. The first kappa shape index (κ1) is 16.5. The fourth-order valence-corrected chi connectivity index (χ4v) is 3.58. The van der Waals surface area contributed by atoms with Gasteiger partial charge in [0, 0.05) is 25.1 Å². The number of aryl methyl sites for hydroxylation is 1. The number of hydrogen-bond acceptors (Lipinski definition) is 6. The Morgan fingerprint density at radius 1 is 1.31 bits per heavy atom. The lowest BCUT2D eigenvalue weighted by molar-refractivity contribution is 0.0438. The predicted octanol–water partition coefficient (Wildman–Crippen LogP) is 1.08. The zero-order valence-corrected chi connectivity index (χ0v) is 14.5. The molecule has 0 aliphatic carbocycles. The summed E-state index contributed by atoms with van der Waals surface area (Å²) in [6, 6.07) is 7.28. The van der Waals surface area contributed by atoms with Crippen LogP contribution in [0.3, 0.4) is 0 Å². The summed E-state index contributed by atoms with van der Waals surface area (Å²) in [6.07, 6.45) is 1.84. The van der Waals surface area contributed by atoms with Gasteiger partial charge in [-0.2, -0.15) is 4.68 Å². The summed E-state index contributed by atoms with van der Waals surface area (Å²) in [7, 11) is 0. The van der Waals surface area contributed by atoms with Crippen LogP contribution in [-0.2, 0) is 4.74 Å². The Balaban J connectivity index is 1.51. The van der Waals surface area contributed by atoms with Gasteiger partial charge in [0.25, 0.3) is 5.91 Å². The lowest BCUT2D eigenvalue weighted by Crippen LogP contribution is -2.36. The maximum absolute atomic E-state index is 13.0. The Kier molecular flexibility index (Phi) is 4.06. The Labute approximate surface area is 150 Å². The minimum absolute atomic E-state index is 0.0353. The molecule has 2 fully saturated rings. The van der Waals surface area contributed by atoms with E-state index >= 15 is 0 Å². The van der Waals surface area contributed by atoms with Crippen LogP contribution in [0.15, 0.2) is 24.3 Å². The topological polar surface area (TPSA) is 102 Å². The van der Waals surface area contributed by atoms with Gasteiger partial charge in [-0.05, 0) is 48.4 Å². The molecule has 9 heteroatoms. The molecule has 2 aromatic rings. The molecule has 2 saturated heterocycles. The molecule has 1 unspecified atom stereocenters. The number of nitrogens with one attached hydrogen (secondary N) is 1. The van der Waals surface area contributed by atoms with Gasteiger partial charge in [-0.1, -0.05) is 6.07 Å². The number of rotatable bonds is 2. The van der Waals surface area contributed by atoms with Crippen molar-refractivity contribution in [3.8, 4) is 5.69 Å². The van der Waals surface area contributed by atoms with Gasteiger partial charge >= 0.3 is 6.09 Å². The minimum atomic E-state index is -0.475. The van der Waals surface area contributed by atoms with Gasteiger partial charge in [0.1, 0.15) is 5.60 Å². The van der Waals surface area contributed by atoms with Gasteiger partial charge in [0.2, 0.25) is 0 Å². The first-order chi connectivity index (χ1) is 12.6. The second kappa shape index (κ2) is 6.40. The zero-order valence-electron chi connectivity index (χ0n) is 14.5. The molecule has 1 spiro atoms. The van der Waals surface area contributed by atoms with Crippen LogP contribution in [0.25, 0.3) is 5.69 Å². The fourth-order valence-electron chi connectivity index (χ4n) is 3.58. The van der Waals surface area contributed by atoms with Gasteiger partial charge in [-0.25, -0.2) is 4.79 Å². The molecule has 26 heavy (non-hydrogen) atoms. The van der Waals surface area contributed by atoms with Crippen molar-refractivity contribution in [2.24, 2.45) is 0 Å². The van der Waals surface area contributed by atoms with E-state index in [9.17, 15) is 9.59 Å². The van der Waals surface area contributed by atoms with E-state index in [0.717, 1.165) is 18.5 Å². The van der Waals surface area contributed by atoms with E-state index < -0.39 is 5.60 Å². The van der Waals surface area contributed by atoms with Crippen molar-refractivity contribution >= 4 is 12.0 Å². The Bertz CT molecular complexity index is 851. The number of carbonyl (C=O) groups is 2. The Morgan fingerprint density at radius 2 is 2.19 bits per heavy atom. The summed E-state index contributed by atoms with van der Waals surface area (Å²) in [5.74, 6) is 0.619. The van der Waals surface area contributed by atoms with Gasteiger partial charge in [0.15, 0.2) is 5.82 Å². The number of tetrazole rings is 1. The summed E-state index contributed by atoms with van der Waals surface area (Å²) < 4.78 is 7.07. The van der Waals surface area contributed by atoms with E-state index in [1.807, 2.05) is 17.0 Å². The molecular weight excluding hydrogens is 336 g/mol. The van der Waals surface area contributed by atoms with E-state index in [1.165, 1.54) is 0 Å². The van der Waals surface area contributed by atoms with Crippen molar-refractivity contribution in [3.05, 3.63) is 35.7 Å². The average molecular weight is 356 g/mol. The third-order valence-electron chi connectivity index (χ3n) is 5.01. The standard InChI is InChI=1S/C17H20N6O3/c1-12-19-20-21-23(12)14-5-2-4-13(10-14)15(24)22-8-3-6-17(7-9-22)11-18-16(25)26-17/h2,4-5,10H,3,6-9,11H2,1H3,(H,18,25). The molecule has 0 saturated carbocycles. The Morgan fingerprint density at radius 3 is 2.92 bits per heavy atom. The van der Waals surface area contributed by atoms with Crippen LogP contribution in [-0.4, -0.2) is 62.3 Å². The minimum Gasteiger partial charge on any atom is -0.441 e. The van der Waals surface area contributed by atoms with Gasteiger partial charge < -0.3 is 15.0 Å². The summed E-state index contributed by atoms with van der Waals surface area (Å²) in [5.41, 5.74) is 0.866. The van der Waals surface area contributed by atoms with Gasteiger partial charge in [0.05, 0.1) is 12.2 Å². The van der Waals surface area contributed by atoms with Crippen LogP contribution in [0.1, 0.15) is 35.4 Å². The van der Waals surface area contributed by atoms with E-state index in [1.54, 1.807) is 23.7 Å². The van der Waals surface area contributed by atoms with Crippen molar-refractivity contribution in [2.45, 2.75) is 31.8 Å². The second-order valence-corrected chi connectivity index (χ2v) is 6.76. The second-order valence-electron chi connectivity index (χ2n) is 6.76. The number of alkyl carbamates (subject to hydrolysis) is 1. The fraction of sp³-hybridized carbons (Fsp3) is 0.471. The lowest BCUT2D eigenvalue weighted by Gasteiger charge is -2.25. The smallest absolute Gasteiger partial charge is 0.407 e. The first-order valence-corrected chi connectivity index (χ1v) is 8.68. The molecule has 2 aliphatic rings. The van der Waals surface area contributed by atoms with Crippen LogP contribution >= 0.6 is 0 Å². The van der Waals surface area contributed by atoms with Gasteiger partial charge in [-0.15, -0.1) is 5.10 Å². The molecule has 2 aliphatic heterocycles. The molecule has 1 N–H and O–H groups in total. The molecule has 4 rings (SSSR count). The van der Waals surface area contributed by atoms with Crippen molar-refractivity contribution < 1.29 is 14.3 Å². The van der Waals surface area contributed by atoms with Gasteiger partial charge in [-0.3, -0.25) is 4.79 Å². The molecule has 3 heterocycles. The van der Waals surface area contributed by atoms with Crippen LogP contribution in [0.4, 0.5) is 4.79 Å². The van der Waals surface area contributed by atoms with E-state index in [2.05, 4.69) is 20.8 Å². The summed E-state index contributed by atoms with van der Waals surface area (Å²) >= 11 is 0. The molecule has 136 valence electrons. The normalized spacial score (nSPS) is 22.8. The highest BCUT2D eigenvalue weighted by Gasteiger charge is 2.41. The summed E-state index contributed by atoms with van der Waals surface area (Å²) in [5, 5.41) is 14.2. The third-order valence-corrected chi connectivity index (χ3v) is 5.01. The maximum Gasteiger partial charge on any atom is 0.407 e. The number of carbonyl (C=O) groups excluding carboxylic acids is 2. The molecule has 0 bridgehead atoms. The lowest BCUT2D eigenvalue weighted by atomic mass is 9.95. The highest BCUT2D eigenvalue weighted by atomic mass is 16.6. The van der Waals surface area contributed by atoms with Crippen molar-refractivity contribution in [1.82, 2.24) is 30.4 Å². The quantitative estimate of drug-likeness (QED) is 0.864. The van der Waals surface area contributed by atoms with Crippen molar-refractivity contribution in [2.75, 3.05) is 19.6 Å². The number of nitrogens with zero attached hydrogens (tertiary/aromatic N) is 5. The Hall–Kier alpha value is -2.97. The predicted molar refractivity (Wildman–Crippen MR) is 90.9 cm³/mol. The highest BCUT2D eigenvalue weighted by Crippen LogP contribution is 2.29. The monoisotopic (exact) mass is 356 g/mol. The SMILES string of the molecule is Cc1nnnn1-c1cccc(C(=O)N2CCCC3(CC2)CNC(=O)O3)c1. The maximum atomic E-state index is 13.0. The molecule has 0 radical (unpaired) electrons. The number of likely N-dealkylation sites (tertiary alicyclic amines) is 1. The molecular formula is C17H20N6O3. The summed E-state index contributed by atoms with van der Waals surface area (Å²) in [4.78, 5) is 26.2. The molecule has 1 aromatic heterocycles. The van der Waals surface area contributed by atoms with E-state index in [0.29, 0.717) is 37.4 Å². The van der Waals surface area contributed by atoms with Crippen LogP contribution in [0, 0.1) is 6.92 Å². The van der Waals surface area contributed by atoms with Crippen molar-refractivity contribution in [1.29, 1.82) is 0 Å². The number of ether oxygens (including phenoxy) is 1. The molecule has 9 nitrogen and oxygen atoms in total. The number of hydrogen-bond donors (Lipinski definition) is 1. The van der Waals surface area contributed by atoms with Crippen LogP contribution in [0.5, 0.6) is 0 Å². The van der Waals surface area contributed by atoms with E-state index in [-0.39, 0.29) is 12.0 Å². The number of amides is 2. The first-order valence-electron chi connectivity index (χ1n) is 8.68. The molecule has 2 amide bonds. The van der Waals surface area contributed by atoms with Crippen molar-refractivity contribution in [3.63, 3.8) is 0 Å². The van der Waals surface area contributed by atoms with E-state index in [4.69, 9.17) is 4.74 Å². The molecule has 1 atom stereocenters. The molecule has 1 aromatic carbocycles. The largest absolute Gasteiger partial charge is 0.441 e. The van der Waals surface area contributed by atoms with Crippen LogP contribution < -0.4 is 5.32 Å². The highest BCUT2D eigenvalue weighted by molar-refractivity contribution is 5.94. The summed E-state index contributed by atoms with van der Waals surface area (Å²) in [6.45, 7) is 3.52. The zero-order chi connectivity index (χ0) is 18.1.